The fourth-order valence-electron chi connectivity index (χ4n) is 1.92. The smallest absolute Gasteiger partial charge is 0.118 e. The molecular formula is C21H19ClO. The molecule has 0 radical (unpaired) electrons. The summed E-state index contributed by atoms with van der Waals surface area (Å²) < 4.78 is 4.91. The number of hydrogen-bond donors (Lipinski definition) is 0. The van der Waals surface area contributed by atoms with Gasteiger partial charge in [0.1, 0.15) is 5.75 Å². The topological polar surface area (TPSA) is 9.23 Å². The van der Waals surface area contributed by atoms with Crippen molar-refractivity contribution >= 4 is 23.8 Å². The van der Waals surface area contributed by atoms with Crippen LogP contribution in [0.15, 0.2) is 84.9 Å². The van der Waals surface area contributed by atoms with Gasteiger partial charge in [0.2, 0.25) is 0 Å². The number of hydrogen-bond acceptors (Lipinski definition) is 1. The van der Waals surface area contributed by atoms with E-state index >= 15 is 0 Å². The fraction of sp³-hybridized carbons (Fsp3) is 0.0476. The lowest BCUT2D eigenvalue weighted by Crippen LogP contribution is -1.78. The summed E-state index contributed by atoms with van der Waals surface area (Å²) in [6.45, 7) is 0. The molecule has 3 aromatic carbocycles. The van der Waals surface area contributed by atoms with Gasteiger partial charge in [-0.3, -0.25) is 0 Å². The van der Waals surface area contributed by atoms with E-state index in [2.05, 4.69) is 18.2 Å². The van der Waals surface area contributed by atoms with Gasteiger partial charge in [0, 0.05) is 5.02 Å². The Morgan fingerprint density at radius 2 is 1.26 bits per heavy atom. The van der Waals surface area contributed by atoms with E-state index < -0.39 is 0 Å². The summed E-state index contributed by atoms with van der Waals surface area (Å²) in [5, 5.41) is 0.782. The lowest BCUT2D eigenvalue weighted by Gasteiger charge is -1.96. The van der Waals surface area contributed by atoms with Gasteiger partial charge < -0.3 is 4.74 Å². The van der Waals surface area contributed by atoms with E-state index in [1.807, 2.05) is 78.9 Å². The monoisotopic (exact) mass is 322 g/mol. The zero-order valence-corrected chi connectivity index (χ0v) is 13.8. The molecule has 0 spiro atoms. The van der Waals surface area contributed by atoms with E-state index in [-0.39, 0.29) is 0 Å². The molecule has 0 aliphatic heterocycles. The first kappa shape index (κ1) is 16.9. The Balaban J connectivity index is 0.000000203. The molecule has 0 amide bonds. The van der Waals surface area contributed by atoms with Crippen LogP contribution in [-0.4, -0.2) is 7.11 Å². The molecule has 0 saturated heterocycles. The Bertz CT molecular complexity index is 721. The maximum absolute atomic E-state index is 6.04. The van der Waals surface area contributed by atoms with Gasteiger partial charge in [-0.25, -0.2) is 0 Å². The number of benzene rings is 3. The highest BCUT2D eigenvalue weighted by Gasteiger charge is 1.92. The zero-order chi connectivity index (χ0) is 16.3. The molecule has 2 heteroatoms. The van der Waals surface area contributed by atoms with Gasteiger partial charge in [0.15, 0.2) is 0 Å². The van der Waals surface area contributed by atoms with Crippen LogP contribution < -0.4 is 4.74 Å². The SMILES string of the molecule is COc1ccccc1.Clc1ccccc1C=Cc1ccccc1. The van der Waals surface area contributed by atoms with Crippen molar-refractivity contribution in [2.75, 3.05) is 7.11 Å². The molecule has 3 aromatic rings. The van der Waals surface area contributed by atoms with Crippen molar-refractivity contribution in [2.24, 2.45) is 0 Å². The van der Waals surface area contributed by atoms with Crippen molar-refractivity contribution in [3.05, 3.63) is 101 Å². The van der Waals surface area contributed by atoms with Crippen LogP contribution in [0.5, 0.6) is 5.75 Å². The number of para-hydroxylation sites is 1. The molecule has 0 aromatic heterocycles. The van der Waals surface area contributed by atoms with Gasteiger partial charge in [0.05, 0.1) is 7.11 Å². The molecule has 0 heterocycles. The second-order valence-electron chi connectivity index (χ2n) is 4.78. The van der Waals surface area contributed by atoms with Crippen molar-refractivity contribution in [1.29, 1.82) is 0 Å². The van der Waals surface area contributed by atoms with E-state index in [1.165, 1.54) is 5.56 Å². The molecule has 0 N–H and O–H groups in total. The van der Waals surface area contributed by atoms with E-state index in [0.29, 0.717) is 0 Å². The Hall–Kier alpha value is -2.51. The lowest BCUT2D eigenvalue weighted by atomic mass is 10.1. The third kappa shape index (κ3) is 6.01. The highest BCUT2D eigenvalue weighted by Crippen LogP contribution is 2.17. The molecule has 0 fully saturated rings. The van der Waals surface area contributed by atoms with Crippen LogP contribution in [0.2, 0.25) is 5.02 Å². The van der Waals surface area contributed by atoms with Crippen LogP contribution in [0.4, 0.5) is 0 Å². The summed E-state index contributed by atoms with van der Waals surface area (Å²) in [5.74, 6) is 0.910. The number of methoxy groups -OCH3 is 1. The first-order chi connectivity index (χ1) is 11.3. The van der Waals surface area contributed by atoms with Crippen molar-refractivity contribution in [2.45, 2.75) is 0 Å². The van der Waals surface area contributed by atoms with E-state index in [0.717, 1.165) is 16.3 Å². The van der Waals surface area contributed by atoms with Crippen molar-refractivity contribution < 1.29 is 4.74 Å². The molecule has 0 atom stereocenters. The van der Waals surface area contributed by atoms with Crippen LogP contribution in [0, 0.1) is 0 Å². The Morgan fingerprint density at radius 1 is 0.696 bits per heavy atom. The molecule has 0 aliphatic carbocycles. The summed E-state index contributed by atoms with van der Waals surface area (Å²) >= 11 is 6.04. The second kappa shape index (κ2) is 9.50. The molecule has 23 heavy (non-hydrogen) atoms. The first-order valence-electron chi connectivity index (χ1n) is 7.36. The van der Waals surface area contributed by atoms with E-state index in [1.54, 1.807) is 7.11 Å². The minimum absolute atomic E-state index is 0.782. The second-order valence-corrected chi connectivity index (χ2v) is 5.19. The Morgan fingerprint density at radius 3 is 1.83 bits per heavy atom. The summed E-state index contributed by atoms with van der Waals surface area (Å²) in [6, 6.07) is 27.7. The van der Waals surface area contributed by atoms with Gasteiger partial charge in [-0.2, -0.15) is 0 Å². The third-order valence-corrected chi connectivity index (χ3v) is 3.48. The standard InChI is InChI=1S/C14H11Cl.C7H8O/c15-14-9-5-4-8-13(14)11-10-12-6-2-1-3-7-12;1-8-7-5-3-2-4-6-7/h1-11H;2-6H,1H3. The van der Waals surface area contributed by atoms with Crippen LogP contribution in [0.3, 0.4) is 0 Å². The maximum atomic E-state index is 6.04. The van der Waals surface area contributed by atoms with E-state index in [4.69, 9.17) is 16.3 Å². The Labute approximate surface area is 142 Å². The fourth-order valence-corrected chi connectivity index (χ4v) is 2.12. The van der Waals surface area contributed by atoms with Gasteiger partial charge >= 0.3 is 0 Å². The summed E-state index contributed by atoms with van der Waals surface area (Å²) in [4.78, 5) is 0. The van der Waals surface area contributed by atoms with Crippen molar-refractivity contribution in [1.82, 2.24) is 0 Å². The quantitative estimate of drug-likeness (QED) is 0.521. The maximum Gasteiger partial charge on any atom is 0.118 e. The summed E-state index contributed by atoms with van der Waals surface area (Å²) in [5.41, 5.74) is 2.22. The molecule has 0 bridgehead atoms. The normalized spacial score (nSPS) is 10.0. The van der Waals surface area contributed by atoms with Crippen LogP contribution in [0.25, 0.3) is 12.2 Å². The number of rotatable bonds is 3. The molecule has 116 valence electrons. The number of halogens is 1. The minimum Gasteiger partial charge on any atom is -0.497 e. The zero-order valence-electron chi connectivity index (χ0n) is 13.0. The average molecular weight is 323 g/mol. The molecule has 0 unspecified atom stereocenters. The van der Waals surface area contributed by atoms with Crippen molar-refractivity contribution in [3.8, 4) is 5.75 Å². The molecule has 1 nitrogen and oxygen atoms in total. The van der Waals surface area contributed by atoms with Gasteiger partial charge in [-0.1, -0.05) is 90.5 Å². The Kier molecular flexibility index (Phi) is 6.96. The molecule has 0 saturated carbocycles. The van der Waals surface area contributed by atoms with Crippen LogP contribution in [0.1, 0.15) is 11.1 Å². The van der Waals surface area contributed by atoms with E-state index in [9.17, 15) is 0 Å². The first-order valence-corrected chi connectivity index (χ1v) is 7.74. The lowest BCUT2D eigenvalue weighted by molar-refractivity contribution is 0.415. The van der Waals surface area contributed by atoms with Gasteiger partial charge in [0.25, 0.3) is 0 Å². The predicted octanol–water partition coefficient (Wildman–Crippen LogP) is 6.21. The highest BCUT2D eigenvalue weighted by molar-refractivity contribution is 6.32. The minimum atomic E-state index is 0.782. The third-order valence-electron chi connectivity index (χ3n) is 3.14. The van der Waals surface area contributed by atoms with Crippen molar-refractivity contribution in [3.63, 3.8) is 0 Å². The van der Waals surface area contributed by atoms with Crippen LogP contribution in [-0.2, 0) is 0 Å². The summed E-state index contributed by atoms with van der Waals surface area (Å²) in [6.07, 6.45) is 4.08. The summed E-state index contributed by atoms with van der Waals surface area (Å²) in [7, 11) is 1.66. The molecular weight excluding hydrogens is 304 g/mol. The van der Waals surface area contributed by atoms with Crippen LogP contribution >= 0.6 is 11.6 Å². The molecule has 0 aliphatic rings. The highest BCUT2D eigenvalue weighted by atomic mass is 35.5. The number of ether oxygens (including phenoxy) is 1. The average Bonchev–Trinajstić information content (AvgIpc) is 2.63. The molecule has 3 rings (SSSR count). The van der Waals surface area contributed by atoms with Gasteiger partial charge in [-0.05, 0) is 29.3 Å². The largest absolute Gasteiger partial charge is 0.497 e. The predicted molar refractivity (Wildman–Crippen MR) is 99.8 cm³/mol. The van der Waals surface area contributed by atoms with Gasteiger partial charge in [-0.15, -0.1) is 0 Å².